The van der Waals surface area contributed by atoms with Gasteiger partial charge in [0.05, 0.1) is 24.8 Å². The number of hydrogen-bond donors (Lipinski definition) is 1. The summed E-state index contributed by atoms with van der Waals surface area (Å²) in [7, 11) is 0. The lowest BCUT2D eigenvalue weighted by molar-refractivity contribution is -0.132. The van der Waals surface area contributed by atoms with E-state index >= 15 is 0 Å². The molecule has 4 aromatic rings. The van der Waals surface area contributed by atoms with E-state index in [2.05, 4.69) is 10.2 Å². The Bertz CT molecular complexity index is 1810. The van der Waals surface area contributed by atoms with Crippen molar-refractivity contribution in [3.05, 3.63) is 87.9 Å². The number of aliphatic hydroxyl groups excluding tert-OH is 1. The predicted octanol–water partition coefficient (Wildman–Crippen LogP) is 7.07. The number of benzene rings is 3. The molecular formula is C33H30ClN3O7S2. The number of rotatable bonds is 11. The van der Waals surface area contributed by atoms with Gasteiger partial charge in [0, 0.05) is 16.3 Å². The largest absolute Gasteiger partial charge is 0.507 e. The van der Waals surface area contributed by atoms with Crippen LogP contribution in [-0.2, 0) is 15.3 Å². The minimum absolute atomic E-state index is 0.105. The Hall–Kier alpha value is -4.26. The molecular weight excluding hydrogens is 650 g/mol. The van der Waals surface area contributed by atoms with E-state index in [9.17, 15) is 14.7 Å². The first-order chi connectivity index (χ1) is 22.4. The molecule has 1 N–H and O–H groups in total. The van der Waals surface area contributed by atoms with Gasteiger partial charge in [-0.15, -0.1) is 10.2 Å². The van der Waals surface area contributed by atoms with E-state index in [-0.39, 0.29) is 16.5 Å². The molecule has 1 aromatic heterocycles. The van der Waals surface area contributed by atoms with Crippen molar-refractivity contribution in [3.8, 4) is 23.0 Å². The van der Waals surface area contributed by atoms with Gasteiger partial charge in [-0.25, -0.2) is 0 Å². The van der Waals surface area contributed by atoms with Gasteiger partial charge in [-0.2, -0.15) is 0 Å². The summed E-state index contributed by atoms with van der Waals surface area (Å²) in [5.41, 5.74) is 1.64. The normalized spacial score (nSPS) is 16.9. The number of ketones is 1. The first-order valence-electron chi connectivity index (χ1n) is 14.7. The van der Waals surface area contributed by atoms with Gasteiger partial charge in [0.15, 0.2) is 27.3 Å². The van der Waals surface area contributed by atoms with Crippen LogP contribution in [0.2, 0.25) is 5.02 Å². The van der Waals surface area contributed by atoms with Crippen LogP contribution >= 0.6 is 34.7 Å². The van der Waals surface area contributed by atoms with Crippen molar-refractivity contribution in [1.29, 1.82) is 0 Å². The maximum atomic E-state index is 13.8. The van der Waals surface area contributed by atoms with Crippen LogP contribution in [0.25, 0.3) is 5.76 Å². The van der Waals surface area contributed by atoms with E-state index in [0.717, 1.165) is 12.0 Å². The lowest BCUT2D eigenvalue weighted by Crippen LogP contribution is -2.29. The molecule has 3 heterocycles. The van der Waals surface area contributed by atoms with E-state index < -0.39 is 17.7 Å². The number of carbonyl (C=O) groups is 2. The Labute approximate surface area is 278 Å². The molecule has 2 aliphatic rings. The van der Waals surface area contributed by atoms with Crippen LogP contribution in [0.1, 0.15) is 43.0 Å². The predicted molar refractivity (Wildman–Crippen MR) is 177 cm³/mol. The summed E-state index contributed by atoms with van der Waals surface area (Å²) >= 11 is 8.92. The van der Waals surface area contributed by atoms with Crippen LogP contribution in [-0.4, -0.2) is 53.4 Å². The van der Waals surface area contributed by atoms with E-state index in [0.29, 0.717) is 75.7 Å². The standard InChI is InChI=1S/C33H30ClN3O7S2/c1-3-13-42-23-11-9-19(16-25(23)41-4-2)28-27(29(38)20-10-12-24-26(17-20)44-15-14-43-24)30(39)31(40)37(28)32-35-36-33(46-32)45-18-21-7-5-6-8-22(21)34/h5-12,16-17,28,38H,3-4,13-15,18H2,1-2H3/b29-27+/t28-/m0/s1. The molecule has 238 valence electrons. The highest BCUT2D eigenvalue weighted by molar-refractivity contribution is 8.00. The third-order valence-corrected chi connectivity index (χ3v) is 9.69. The van der Waals surface area contributed by atoms with Gasteiger partial charge in [-0.05, 0) is 60.9 Å². The maximum Gasteiger partial charge on any atom is 0.301 e. The molecule has 1 amide bonds. The highest BCUT2D eigenvalue weighted by Gasteiger charge is 2.48. The number of halogens is 1. The number of aromatic nitrogens is 2. The summed E-state index contributed by atoms with van der Waals surface area (Å²) in [5.74, 6) is 0.426. The SMILES string of the molecule is CCCOc1ccc([C@H]2/C(=C(\O)c3ccc4c(c3)OCCO4)C(=O)C(=O)N2c2nnc(SCc3ccccc3Cl)s2)cc1OCC. The summed E-state index contributed by atoms with van der Waals surface area (Å²) in [5, 5.41) is 21.1. The number of fused-ring (bicyclic) bond motifs is 1. The van der Waals surface area contributed by atoms with Crippen LogP contribution < -0.4 is 23.8 Å². The van der Waals surface area contributed by atoms with Crippen molar-refractivity contribution in [1.82, 2.24) is 10.2 Å². The van der Waals surface area contributed by atoms with Gasteiger partial charge in [0.2, 0.25) is 5.13 Å². The number of nitrogens with zero attached hydrogens (tertiary/aromatic N) is 3. The number of thioether (sulfide) groups is 1. The summed E-state index contributed by atoms with van der Waals surface area (Å²) in [6.45, 7) is 5.47. The molecule has 2 aliphatic heterocycles. The molecule has 46 heavy (non-hydrogen) atoms. The third-order valence-electron chi connectivity index (χ3n) is 7.22. The molecule has 6 rings (SSSR count). The Kier molecular flexibility index (Phi) is 9.67. The van der Waals surface area contributed by atoms with E-state index in [1.807, 2.05) is 38.1 Å². The molecule has 0 bridgehead atoms. The van der Waals surface area contributed by atoms with Crippen molar-refractivity contribution < 1.29 is 33.6 Å². The molecule has 1 atom stereocenters. The van der Waals surface area contributed by atoms with Crippen molar-refractivity contribution in [2.75, 3.05) is 31.3 Å². The van der Waals surface area contributed by atoms with Crippen molar-refractivity contribution in [2.45, 2.75) is 36.4 Å². The highest BCUT2D eigenvalue weighted by atomic mass is 35.5. The summed E-state index contributed by atoms with van der Waals surface area (Å²) in [6, 6.07) is 16.6. The van der Waals surface area contributed by atoms with Crippen LogP contribution in [0.5, 0.6) is 23.0 Å². The van der Waals surface area contributed by atoms with Gasteiger partial charge >= 0.3 is 5.91 Å². The molecule has 0 unspecified atom stereocenters. The smallest absolute Gasteiger partial charge is 0.301 e. The Morgan fingerprint density at radius 3 is 2.61 bits per heavy atom. The number of aliphatic hydroxyl groups is 1. The summed E-state index contributed by atoms with van der Waals surface area (Å²) < 4.78 is 23.7. The maximum absolute atomic E-state index is 13.8. The fourth-order valence-corrected chi connectivity index (χ4v) is 7.25. The molecule has 1 fully saturated rings. The number of ether oxygens (including phenoxy) is 4. The lowest BCUT2D eigenvalue weighted by Gasteiger charge is -2.24. The monoisotopic (exact) mass is 679 g/mol. The Balaban J connectivity index is 1.43. The van der Waals surface area contributed by atoms with Gasteiger partial charge in [0.25, 0.3) is 5.78 Å². The zero-order valence-electron chi connectivity index (χ0n) is 25.0. The molecule has 10 nitrogen and oxygen atoms in total. The molecule has 0 radical (unpaired) electrons. The molecule has 0 aliphatic carbocycles. The first-order valence-corrected chi connectivity index (χ1v) is 16.9. The molecule has 3 aromatic carbocycles. The van der Waals surface area contributed by atoms with Crippen LogP contribution in [0, 0.1) is 0 Å². The number of anilines is 1. The number of carbonyl (C=O) groups excluding carboxylic acids is 2. The van der Waals surface area contributed by atoms with Crippen molar-refractivity contribution >= 4 is 57.3 Å². The minimum atomic E-state index is -1.04. The van der Waals surface area contributed by atoms with E-state index in [1.165, 1.54) is 28.0 Å². The minimum Gasteiger partial charge on any atom is -0.507 e. The average molecular weight is 680 g/mol. The first kappa shape index (κ1) is 31.7. The van der Waals surface area contributed by atoms with E-state index in [1.54, 1.807) is 36.4 Å². The topological polar surface area (TPSA) is 120 Å². The van der Waals surface area contributed by atoms with Gasteiger partial charge in [-0.3, -0.25) is 14.5 Å². The highest BCUT2D eigenvalue weighted by Crippen LogP contribution is 2.46. The number of amides is 1. The Morgan fingerprint density at radius 1 is 1.02 bits per heavy atom. The second-order valence-electron chi connectivity index (χ2n) is 10.2. The second kappa shape index (κ2) is 14.0. The van der Waals surface area contributed by atoms with Gasteiger partial charge in [-0.1, -0.05) is 65.9 Å². The van der Waals surface area contributed by atoms with Crippen LogP contribution in [0.3, 0.4) is 0 Å². The van der Waals surface area contributed by atoms with Gasteiger partial charge < -0.3 is 24.1 Å². The number of Topliss-reactive ketones (excluding diaryl/α,β-unsaturated/α-hetero) is 1. The van der Waals surface area contributed by atoms with Gasteiger partial charge in [0.1, 0.15) is 19.0 Å². The van der Waals surface area contributed by atoms with Crippen LogP contribution in [0.4, 0.5) is 5.13 Å². The molecule has 1 saturated heterocycles. The zero-order valence-corrected chi connectivity index (χ0v) is 27.4. The summed E-state index contributed by atoms with van der Waals surface area (Å²) in [4.78, 5) is 28.8. The Morgan fingerprint density at radius 2 is 1.83 bits per heavy atom. The fourth-order valence-electron chi connectivity index (χ4n) is 5.10. The number of hydrogen-bond acceptors (Lipinski definition) is 11. The van der Waals surface area contributed by atoms with Crippen LogP contribution in [0.15, 0.2) is 70.6 Å². The van der Waals surface area contributed by atoms with E-state index in [4.69, 9.17) is 30.5 Å². The molecule has 0 spiro atoms. The molecule has 0 saturated carbocycles. The lowest BCUT2D eigenvalue weighted by atomic mass is 9.95. The van der Waals surface area contributed by atoms with Crippen molar-refractivity contribution in [2.24, 2.45) is 0 Å². The molecule has 13 heteroatoms. The zero-order chi connectivity index (χ0) is 32.2. The third kappa shape index (κ3) is 6.37. The summed E-state index contributed by atoms with van der Waals surface area (Å²) in [6.07, 6.45) is 0.802. The van der Waals surface area contributed by atoms with Crippen molar-refractivity contribution in [3.63, 3.8) is 0 Å². The average Bonchev–Trinajstić information content (AvgIpc) is 3.64. The fraction of sp³-hybridized carbons (Fsp3) is 0.273. The second-order valence-corrected chi connectivity index (χ2v) is 12.8. The quantitative estimate of drug-likeness (QED) is 0.0579.